The summed E-state index contributed by atoms with van der Waals surface area (Å²) in [5.74, 6) is 0. The van der Waals surface area contributed by atoms with E-state index in [1.165, 1.54) is 0 Å². The van der Waals surface area contributed by atoms with Crippen LogP contribution in [0.5, 0.6) is 0 Å². The van der Waals surface area contributed by atoms with Gasteiger partial charge in [-0.15, -0.1) is 0 Å². The second-order valence-electron chi connectivity index (χ2n) is 3.89. The Balaban J connectivity index is 2.21. The molecule has 0 bridgehead atoms. The van der Waals surface area contributed by atoms with Gasteiger partial charge >= 0.3 is 6.18 Å². The molecule has 0 aliphatic carbocycles. The van der Waals surface area contributed by atoms with E-state index in [9.17, 15) is 13.2 Å². The van der Waals surface area contributed by atoms with Crippen LogP contribution in [0.25, 0.3) is 0 Å². The lowest BCUT2D eigenvalue weighted by atomic mass is 10.1. The molecule has 1 unspecified atom stereocenters. The molecule has 0 saturated carbocycles. The van der Waals surface area contributed by atoms with Crippen molar-refractivity contribution in [1.82, 2.24) is 4.98 Å². The molecule has 0 spiro atoms. The molecular weight excluding hydrogens is 313 g/mol. The Morgan fingerprint density at radius 3 is 2.67 bits per heavy atom. The summed E-state index contributed by atoms with van der Waals surface area (Å²) in [6, 6.07) is 3.40. The normalized spacial score (nSPS) is 13.6. The molecule has 18 heavy (non-hydrogen) atoms. The second kappa shape index (κ2) is 7.06. The van der Waals surface area contributed by atoms with Crippen molar-refractivity contribution in [3.05, 3.63) is 28.5 Å². The number of hydrogen-bond acceptors (Lipinski definition) is 3. The van der Waals surface area contributed by atoms with E-state index in [-0.39, 0.29) is 12.6 Å². The van der Waals surface area contributed by atoms with Crippen LogP contribution in [0.1, 0.15) is 12.1 Å². The molecule has 0 aliphatic heterocycles. The van der Waals surface area contributed by atoms with Crippen LogP contribution in [0.15, 0.2) is 22.8 Å². The number of nitrogens with zero attached hydrogens (tertiary/aromatic N) is 1. The predicted molar refractivity (Wildman–Crippen MR) is 65.1 cm³/mol. The Labute approximate surface area is 112 Å². The van der Waals surface area contributed by atoms with E-state index in [0.717, 1.165) is 10.2 Å². The average Bonchev–Trinajstić information content (AvgIpc) is 2.26. The molecule has 3 nitrogen and oxygen atoms in total. The highest BCUT2D eigenvalue weighted by Gasteiger charge is 2.27. The minimum atomic E-state index is -4.28. The molecule has 1 aromatic heterocycles. The van der Waals surface area contributed by atoms with E-state index in [1.807, 2.05) is 12.1 Å². The number of hydrogen-bond donors (Lipinski definition) is 1. The van der Waals surface area contributed by atoms with Crippen molar-refractivity contribution in [1.29, 1.82) is 0 Å². The molecule has 1 heterocycles. The number of pyridine rings is 1. The molecule has 7 heteroatoms. The molecule has 2 N–H and O–H groups in total. The van der Waals surface area contributed by atoms with Gasteiger partial charge in [0.1, 0.15) is 6.61 Å². The summed E-state index contributed by atoms with van der Waals surface area (Å²) in [5, 5.41) is 0. The van der Waals surface area contributed by atoms with Crippen LogP contribution >= 0.6 is 15.9 Å². The molecule has 0 fully saturated rings. The van der Waals surface area contributed by atoms with Gasteiger partial charge in [-0.25, -0.2) is 0 Å². The van der Waals surface area contributed by atoms with Crippen LogP contribution in [-0.2, 0) is 11.2 Å². The van der Waals surface area contributed by atoms with E-state index < -0.39 is 12.8 Å². The monoisotopic (exact) mass is 326 g/mol. The van der Waals surface area contributed by atoms with Crippen LogP contribution in [-0.4, -0.2) is 30.4 Å². The van der Waals surface area contributed by atoms with E-state index >= 15 is 0 Å². The maximum absolute atomic E-state index is 11.8. The number of rotatable bonds is 6. The summed E-state index contributed by atoms with van der Waals surface area (Å²) in [7, 11) is 0. The molecule has 0 saturated heterocycles. The minimum absolute atomic E-state index is 0.00277. The third kappa shape index (κ3) is 6.93. The Kier molecular flexibility index (Phi) is 6.04. The van der Waals surface area contributed by atoms with Gasteiger partial charge in [0.15, 0.2) is 0 Å². The van der Waals surface area contributed by atoms with E-state index in [0.29, 0.717) is 12.8 Å². The summed E-state index contributed by atoms with van der Waals surface area (Å²) in [6.45, 7) is -1.23. The third-order valence-corrected chi connectivity index (χ3v) is 2.63. The number of aromatic nitrogens is 1. The summed E-state index contributed by atoms with van der Waals surface area (Å²) < 4.78 is 40.7. The standard InChI is InChI=1S/C11H14BrF3N2O/c12-8-1-2-10(17-6-8)5-9(16)3-4-18-7-11(13,14)15/h1-2,6,9H,3-5,7,16H2. The van der Waals surface area contributed by atoms with Crippen molar-refractivity contribution in [3.8, 4) is 0 Å². The van der Waals surface area contributed by atoms with E-state index in [2.05, 4.69) is 25.7 Å². The fourth-order valence-electron chi connectivity index (χ4n) is 1.32. The number of alkyl halides is 3. The summed E-state index contributed by atoms with van der Waals surface area (Å²) in [5.41, 5.74) is 6.59. The molecule has 0 aliphatic rings. The number of nitrogens with two attached hydrogens (primary N) is 1. The molecule has 0 aromatic carbocycles. The molecular formula is C11H14BrF3N2O. The first kappa shape index (κ1) is 15.4. The van der Waals surface area contributed by atoms with Crippen LogP contribution in [0.4, 0.5) is 13.2 Å². The Morgan fingerprint density at radius 2 is 2.11 bits per heavy atom. The van der Waals surface area contributed by atoms with E-state index in [4.69, 9.17) is 5.73 Å². The zero-order valence-corrected chi connectivity index (χ0v) is 11.2. The van der Waals surface area contributed by atoms with Gasteiger partial charge in [0.05, 0.1) is 0 Å². The Morgan fingerprint density at radius 1 is 1.39 bits per heavy atom. The number of ether oxygens (including phenoxy) is 1. The average molecular weight is 327 g/mol. The van der Waals surface area contributed by atoms with Gasteiger partial charge in [0.25, 0.3) is 0 Å². The lowest BCUT2D eigenvalue weighted by Gasteiger charge is -2.12. The molecule has 1 aromatic rings. The highest BCUT2D eigenvalue weighted by atomic mass is 79.9. The predicted octanol–water partition coefficient (Wildman–Crippen LogP) is 2.68. The van der Waals surface area contributed by atoms with Crippen molar-refractivity contribution in [2.75, 3.05) is 13.2 Å². The lowest BCUT2D eigenvalue weighted by molar-refractivity contribution is -0.174. The summed E-state index contributed by atoms with van der Waals surface area (Å²) in [4.78, 5) is 4.14. The topological polar surface area (TPSA) is 48.1 Å². The van der Waals surface area contributed by atoms with Crippen molar-refractivity contribution < 1.29 is 17.9 Å². The highest BCUT2D eigenvalue weighted by molar-refractivity contribution is 9.10. The number of halogens is 4. The fourth-order valence-corrected chi connectivity index (χ4v) is 1.56. The van der Waals surface area contributed by atoms with Crippen molar-refractivity contribution in [2.45, 2.75) is 25.1 Å². The Bertz CT molecular complexity index is 356. The van der Waals surface area contributed by atoms with E-state index in [1.54, 1.807) is 6.20 Å². The lowest BCUT2D eigenvalue weighted by Crippen LogP contribution is -2.26. The van der Waals surface area contributed by atoms with Crippen LogP contribution in [0, 0.1) is 0 Å². The molecule has 0 radical (unpaired) electrons. The summed E-state index contributed by atoms with van der Waals surface area (Å²) >= 11 is 3.26. The molecule has 1 atom stereocenters. The molecule has 1 rings (SSSR count). The molecule has 102 valence electrons. The quantitative estimate of drug-likeness (QED) is 0.817. The first-order valence-electron chi connectivity index (χ1n) is 5.37. The van der Waals surface area contributed by atoms with Gasteiger partial charge in [-0.3, -0.25) is 4.98 Å². The molecule has 0 amide bonds. The van der Waals surface area contributed by atoms with Gasteiger partial charge < -0.3 is 10.5 Å². The highest BCUT2D eigenvalue weighted by Crippen LogP contribution is 2.14. The van der Waals surface area contributed by atoms with Crippen molar-refractivity contribution >= 4 is 15.9 Å². The van der Waals surface area contributed by atoms with Gasteiger partial charge in [-0.2, -0.15) is 13.2 Å². The van der Waals surface area contributed by atoms with Gasteiger partial charge in [0.2, 0.25) is 0 Å². The smallest absolute Gasteiger partial charge is 0.372 e. The largest absolute Gasteiger partial charge is 0.411 e. The van der Waals surface area contributed by atoms with Gasteiger partial charge in [-0.1, -0.05) is 0 Å². The van der Waals surface area contributed by atoms with Crippen molar-refractivity contribution in [2.24, 2.45) is 5.73 Å². The second-order valence-corrected chi connectivity index (χ2v) is 4.80. The zero-order valence-electron chi connectivity index (χ0n) is 9.58. The summed E-state index contributed by atoms with van der Waals surface area (Å²) in [6.07, 6.45) is -1.74. The van der Waals surface area contributed by atoms with Crippen LogP contribution < -0.4 is 5.73 Å². The SMILES string of the molecule is NC(CCOCC(F)(F)F)Cc1ccc(Br)cn1. The first-order chi connectivity index (χ1) is 8.37. The van der Waals surface area contributed by atoms with Gasteiger partial charge in [0, 0.05) is 35.4 Å². The first-order valence-corrected chi connectivity index (χ1v) is 6.16. The van der Waals surface area contributed by atoms with Gasteiger partial charge in [-0.05, 0) is 34.5 Å². The Hall–Kier alpha value is -0.660. The zero-order chi connectivity index (χ0) is 13.6. The van der Waals surface area contributed by atoms with Crippen LogP contribution in [0.3, 0.4) is 0 Å². The maximum Gasteiger partial charge on any atom is 0.411 e. The maximum atomic E-state index is 11.8. The van der Waals surface area contributed by atoms with Crippen LogP contribution in [0.2, 0.25) is 0 Å². The van der Waals surface area contributed by atoms with Crippen molar-refractivity contribution in [3.63, 3.8) is 0 Å². The third-order valence-electron chi connectivity index (χ3n) is 2.16. The minimum Gasteiger partial charge on any atom is -0.372 e. The fraction of sp³-hybridized carbons (Fsp3) is 0.545.